The van der Waals surface area contributed by atoms with Gasteiger partial charge in [-0.3, -0.25) is 4.98 Å². The molecule has 0 saturated carbocycles. The quantitative estimate of drug-likeness (QED) is 0.577. The van der Waals surface area contributed by atoms with E-state index in [1.807, 2.05) is 19.9 Å². The van der Waals surface area contributed by atoms with Crippen molar-refractivity contribution in [3.8, 4) is 11.8 Å². The average Bonchev–Trinajstić information content (AvgIpc) is 3.26. The summed E-state index contributed by atoms with van der Waals surface area (Å²) in [7, 11) is 0. The van der Waals surface area contributed by atoms with Crippen LogP contribution in [0, 0.1) is 25.2 Å². The molecule has 0 atom stereocenters. The topological polar surface area (TPSA) is 125 Å². The number of fused-ring (bicyclic) bond motifs is 1. The number of aryl methyl sites for hydroxylation is 2. The zero-order valence-electron chi connectivity index (χ0n) is 13.4. The Morgan fingerprint density at radius 1 is 1.20 bits per heavy atom. The van der Waals surface area contributed by atoms with Crippen LogP contribution < -0.4 is 0 Å². The normalized spacial score (nSPS) is 11.4. The number of hydrogen-bond donors (Lipinski definition) is 1. The van der Waals surface area contributed by atoms with Crippen molar-refractivity contribution < 1.29 is 0 Å². The highest BCUT2D eigenvalue weighted by Gasteiger charge is 2.15. The molecule has 4 aromatic heterocycles. The molecule has 0 aliphatic rings. The Hall–Kier alpha value is -3.87. The van der Waals surface area contributed by atoms with Gasteiger partial charge in [-0.15, -0.1) is 20.0 Å². The number of pyridine rings is 1. The van der Waals surface area contributed by atoms with Crippen LogP contribution in [-0.2, 0) is 0 Å². The standard InChI is InChI=1S/C15H12N10/c1-9-13(15-19-10(2)23-25(15)22-9)20-21-14-11(6-16)7-18-24(14)12-4-3-5-17-8-12/h3-5,7-8H,1-2H3,(H,19,23)/b21-20+. The van der Waals surface area contributed by atoms with E-state index in [0.29, 0.717) is 34.1 Å². The molecule has 0 bridgehead atoms. The number of aromatic amines is 1. The third kappa shape index (κ3) is 2.43. The summed E-state index contributed by atoms with van der Waals surface area (Å²) in [4.78, 5) is 7.15. The van der Waals surface area contributed by atoms with Crippen molar-refractivity contribution in [2.75, 3.05) is 0 Å². The van der Waals surface area contributed by atoms with E-state index in [0.717, 1.165) is 5.82 Å². The van der Waals surface area contributed by atoms with Crippen LogP contribution in [0.5, 0.6) is 0 Å². The van der Waals surface area contributed by atoms with Gasteiger partial charge in [-0.05, 0) is 26.0 Å². The molecule has 0 unspecified atom stereocenters. The fourth-order valence-electron chi connectivity index (χ4n) is 2.43. The van der Waals surface area contributed by atoms with E-state index in [1.165, 1.54) is 15.5 Å². The van der Waals surface area contributed by atoms with E-state index in [2.05, 4.69) is 41.6 Å². The molecule has 0 aliphatic carbocycles. The summed E-state index contributed by atoms with van der Waals surface area (Å²) in [6, 6.07) is 5.68. The van der Waals surface area contributed by atoms with E-state index in [-0.39, 0.29) is 0 Å². The molecule has 25 heavy (non-hydrogen) atoms. The van der Waals surface area contributed by atoms with Crippen molar-refractivity contribution in [1.82, 2.24) is 34.6 Å². The first kappa shape index (κ1) is 14.7. The fourth-order valence-corrected chi connectivity index (χ4v) is 2.43. The Balaban J connectivity index is 1.82. The van der Waals surface area contributed by atoms with Crippen LogP contribution in [-0.4, -0.2) is 34.6 Å². The molecule has 10 heteroatoms. The third-order valence-electron chi connectivity index (χ3n) is 3.56. The van der Waals surface area contributed by atoms with Gasteiger partial charge in [0.1, 0.15) is 17.5 Å². The summed E-state index contributed by atoms with van der Waals surface area (Å²) in [6.45, 7) is 3.64. The van der Waals surface area contributed by atoms with Gasteiger partial charge < -0.3 is 4.98 Å². The van der Waals surface area contributed by atoms with Gasteiger partial charge in [-0.2, -0.15) is 15.5 Å². The summed E-state index contributed by atoms with van der Waals surface area (Å²) in [6.07, 6.45) is 4.74. The van der Waals surface area contributed by atoms with Gasteiger partial charge >= 0.3 is 0 Å². The molecule has 0 aromatic carbocycles. The predicted molar refractivity (Wildman–Crippen MR) is 87.1 cm³/mol. The van der Waals surface area contributed by atoms with Crippen molar-refractivity contribution in [2.24, 2.45) is 10.2 Å². The molecule has 0 fully saturated rings. The molecule has 4 heterocycles. The lowest BCUT2D eigenvalue weighted by molar-refractivity contribution is 0.793. The van der Waals surface area contributed by atoms with Crippen LogP contribution in [0.1, 0.15) is 17.1 Å². The van der Waals surface area contributed by atoms with Crippen LogP contribution >= 0.6 is 0 Å². The van der Waals surface area contributed by atoms with Crippen LogP contribution in [0.3, 0.4) is 0 Å². The third-order valence-corrected chi connectivity index (χ3v) is 3.56. The van der Waals surface area contributed by atoms with Crippen molar-refractivity contribution in [3.05, 3.63) is 47.8 Å². The molecule has 0 amide bonds. The molecular weight excluding hydrogens is 320 g/mol. The summed E-state index contributed by atoms with van der Waals surface area (Å²) in [5.41, 5.74) is 2.88. The van der Waals surface area contributed by atoms with Crippen molar-refractivity contribution in [3.63, 3.8) is 0 Å². The van der Waals surface area contributed by atoms with Gasteiger partial charge in [0.25, 0.3) is 0 Å². The number of aromatic nitrogens is 7. The van der Waals surface area contributed by atoms with Crippen LogP contribution in [0.25, 0.3) is 11.3 Å². The zero-order valence-corrected chi connectivity index (χ0v) is 13.4. The number of nitriles is 1. The van der Waals surface area contributed by atoms with Crippen molar-refractivity contribution >= 4 is 17.2 Å². The molecule has 1 N–H and O–H groups in total. The Morgan fingerprint density at radius 3 is 2.84 bits per heavy atom. The second kappa shape index (κ2) is 5.64. The van der Waals surface area contributed by atoms with Gasteiger partial charge in [0.2, 0.25) is 0 Å². The number of hydrogen-bond acceptors (Lipinski definition) is 7. The predicted octanol–water partition coefficient (Wildman–Crippen LogP) is 2.54. The smallest absolute Gasteiger partial charge is 0.195 e. The largest absolute Gasteiger partial charge is 0.324 e. The molecule has 0 saturated heterocycles. The molecular formula is C15H12N10. The summed E-state index contributed by atoms with van der Waals surface area (Å²) >= 11 is 0. The lowest BCUT2D eigenvalue weighted by Gasteiger charge is -2.02. The lowest BCUT2D eigenvalue weighted by Crippen LogP contribution is -1.95. The van der Waals surface area contributed by atoms with Gasteiger partial charge in [0.15, 0.2) is 17.2 Å². The number of H-pyrrole nitrogens is 1. The van der Waals surface area contributed by atoms with Gasteiger partial charge in [0, 0.05) is 6.20 Å². The van der Waals surface area contributed by atoms with Crippen LogP contribution in [0.2, 0.25) is 0 Å². The monoisotopic (exact) mass is 332 g/mol. The number of azo groups is 1. The fraction of sp³-hybridized carbons (Fsp3) is 0.133. The van der Waals surface area contributed by atoms with E-state index in [4.69, 9.17) is 0 Å². The highest BCUT2D eigenvalue weighted by Crippen LogP contribution is 2.28. The van der Waals surface area contributed by atoms with Gasteiger partial charge in [-0.1, -0.05) is 0 Å². The highest BCUT2D eigenvalue weighted by molar-refractivity contribution is 5.66. The highest BCUT2D eigenvalue weighted by atomic mass is 15.5. The van der Waals surface area contributed by atoms with E-state index >= 15 is 0 Å². The lowest BCUT2D eigenvalue weighted by atomic mass is 10.3. The maximum absolute atomic E-state index is 9.31. The molecule has 4 rings (SSSR count). The SMILES string of the molecule is Cc1nn2nc(C)c(/N=N/c3c(C#N)cnn3-c3cccnc3)c2[nH]1. The van der Waals surface area contributed by atoms with E-state index in [9.17, 15) is 5.26 Å². The Kier molecular flexibility index (Phi) is 3.32. The minimum atomic E-state index is 0.314. The second-order valence-electron chi connectivity index (χ2n) is 5.30. The molecule has 4 aromatic rings. The maximum atomic E-state index is 9.31. The first-order valence-corrected chi connectivity index (χ1v) is 7.40. The molecule has 10 nitrogen and oxygen atoms in total. The average molecular weight is 332 g/mol. The van der Waals surface area contributed by atoms with Crippen molar-refractivity contribution in [1.29, 1.82) is 5.26 Å². The summed E-state index contributed by atoms with van der Waals surface area (Å²) in [5.74, 6) is 1.04. The summed E-state index contributed by atoms with van der Waals surface area (Å²) < 4.78 is 2.99. The Morgan fingerprint density at radius 2 is 2.08 bits per heavy atom. The maximum Gasteiger partial charge on any atom is 0.195 e. The molecule has 0 radical (unpaired) electrons. The molecule has 0 aliphatic heterocycles. The minimum absolute atomic E-state index is 0.314. The zero-order chi connectivity index (χ0) is 17.4. The van der Waals surface area contributed by atoms with E-state index < -0.39 is 0 Å². The number of nitrogens with zero attached hydrogens (tertiary/aromatic N) is 9. The first-order valence-electron chi connectivity index (χ1n) is 7.40. The van der Waals surface area contributed by atoms with Gasteiger partial charge in [-0.25, -0.2) is 4.68 Å². The number of rotatable bonds is 3. The minimum Gasteiger partial charge on any atom is -0.324 e. The first-order chi connectivity index (χ1) is 12.2. The van der Waals surface area contributed by atoms with Gasteiger partial charge in [0.05, 0.1) is 23.8 Å². The Bertz CT molecular complexity index is 1120. The summed E-state index contributed by atoms with van der Waals surface area (Å²) in [5, 5.41) is 30.5. The van der Waals surface area contributed by atoms with E-state index in [1.54, 1.807) is 18.5 Å². The molecule has 0 spiro atoms. The second-order valence-corrected chi connectivity index (χ2v) is 5.30. The van der Waals surface area contributed by atoms with Crippen LogP contribution in [0.15, 0.2) is 41.0 Å². The van der Waals surface area contributed by atoms with Crippen LogP contribution in [0.4, 0.5) is 11.5 Å². The number of nitrogens with one attached hydrogen (secondary N) is 1. The Labute approximate surface area is 141 Å². The molecule has 122 valence electrons. The van der Waals surface area contributed by atoms with Crippen molar-refractivity contribution in [2.45, 2.75) is 13.8 Å².